The van der Waals surface area contributed by atoms with Crippen molar-refractivity contribution in [1.82, 2.24) is 10.6 Å². The molecule has 5 nitrogen and oxygen atoms in total. The topological polar surface area (TPSA) is 78.4 Å². The first-order chi connectivity index (χ1) is 16.0. The number of hydrogen-bond acceptors (Lipinski definition) is 3. The lowest BCUT2D eigenvalue weighted by Crippen LogP contribution is -2.47. The van der Waals surface area contributed by atoms with Crippen LogP contribution < -0.4 is 10.6 Å². The molecule has 5 heteroatoms. The zero-order valence-corrected chi connectivity index (χ0v) is 19.1. The summed E-state index contributed by atoms with van der Waals surface area (Å²) in [6, 6.07) is 27.0. The maximum absolute atomic E-state index is 13.6. The molecule has 0 saturated carbocycles. The fourth-order valence-electron chi connectivity index (χ4n) is 3.99. The van der Waals surface area contributed by atoms with Gasteiger partial charge in [0.15, 0.2) is 0 Å². The largest absolute Gasteiger partial charge is 0.394 e. The molecule has 0 heterocycles. The molecule has 0 spiro atoms. The Morgan fingerprint density at radius 2 is 1.15 bits per heavy atom. The molecule has 0 aliphatic rings. The number of hydrogen-bond donors (Lipinski definition) is 3. The van der Waals surface area contributed by atoms with Crippen LogP contribution in [-0.4, -0.2) is 29.6 Å². The predicted molar refractivity (Wildman–Crippen MR) is 131 cm³/mol. The Hall–Kier alpha value is -3.44. The van der Waals surface area contributed by atoms with Gasteiger partial charge in [0.2, 0.25) is 11.8 Å². The second kappa shape index (κ2) is 12.0. The van der Waals surface area contributed by atoms with Gasteiger partial charge in [-0.3, -0.25) is 9.59 Å². The molecule has 3 aromatic carbocycles. The Kier molecular flexibility index (Phi) is 8.79. The standard InChI is InChI=1S/C28H32N2O3/c1-20(2)18-24(19-31)29-28(33)26(23-16-10-5-11-17-23)30-27(32)25(21-12-6-3-7-13-21)22-14-8-4-9-15-22/h3-17,20,24-26,31H,18-19H2,1-2H3,(H,29,33)(H,30,32)/t24-,26-/m0/s1. The molecule has 0 saturated heterocycles. The van der Waals surface area contributed by atoms with Gasteiger partial charge in [-0.1, -0.05) is 105 Å². The SMILES string of the molecule is CC(C)C[C@@H](CO)NC(=O)[C@@H](NC(=O)C(c1ccccc1)c1ccccc1)c1ccccc1. The summed E-state index contributed by atoms with van der Waals surface area (Å²) in [7, 11) is 0. The van der Waals surface area contributed by atoms with Crippen LogP contribution >= 0.6 is 0 Å². The van der Waals surface area contributed by atoms with Crippen molar-refractivity contribution in [3.63, 3.8) is 0 Å². The third-order valence-electron chi connectivity index (χ3n) is 5.53. The van der Waals surface area contributed by atoms with E-state index in [4.69, 9.17) is 0 Å². The zero-order chi connectivity index (χ0) is 23.6. The van der Waals surface area contributed by atoms with Crippen molar-refractivity contribution < 1.29 is 14.7 Å². The van der Waals surface area contributed by atoms with Crippen molar-refractivity contribution in [3.05, 3.63) is 108 Å². The van der Waals surface area contributed by atoms with Gasteiger partial charge in [0.05, 0.1) is 18.6 Å². The number of amides is 2. The lowest BCUT2D eigenvalue weighted by molar-refractivity contribution is -0.130. The number of carbonyl (C=O) groups is 2. The van der Waals surface area contributed by atoms with Crippen LogP contribution in [0.4, 0.5) is 0 Å². The predicted octanol–water partition coefficient (Wildman–Crippen LogP) is 4.20. The minimum atomic E-state index is -0.880. The van der Waals surface area contributed by atoms with Crippen molar-refractivity contribution in [3.8, 4) is 0 Å². The maximum Gasteiger partial charge on any atom is 0.247 e. The molecule has 0 aliphatic heterocycles. The molecule has 172 valence electrons. The zero-order valence-electron chi connectivity index (χ0n) is 19.1. The lowest BCUT2D eigenvalue weighted by Gasteiger charge is -2.26. The highest BCUT2D eigenvalue weighted by Crippen LogP contribution is 2.26. The number of nitrogens with one attached hydrogen (secondary N) is 2. The Bertz CT molecular complexity index is 968. The molecule has 0 bridgehead atoms. The number of rotatable bonds is 10. The summed E-state index contributed by atoms with van der Waals surface area (Å²) >= 11 is 0. The summed E-state index contributed by atoms with van der Waals surface area (Å²) in [6.07, 6.45) is 0.647. The number of benzene rings is 3. The Morgan fingerprint density at radius 3 is 1.58 bits per heavy atom. The van der Waals surface area contributed by atoms with Gasteiger partial charge in [0.25, 0.3) is 0 Å². The first-order valence-corrected chi connectivity index (χ1v) is 11.4. The van der Waals surface area contributed by atoms with E-state index in [1.165, 1.54) is 0 Å². The molecule has 0 aliphatic carbocycles. The van der Waals surface area contributed by atoms with Crippen molar-refractivity contribution in [2.75, 3.05) is 6.61 Å². The van der Waals surface area contributed by atoms with Crippen LogP contribution in [0.25, 0.3) is 0 Å². The van der Waals surface area contributed by atoms with Crippen LogP contribution in [0.2, 0.25) is 0 Å². The van der Waals surface area contributed by atoms with E-state index in [1.807, 2.05) is 105 Å². The molecule has 0 radical (unpaired) electrons. The van der Waals surface area contributed by atoms with Gasteiger partial charge in [0.1, 0.15) is 6.04 Å². The average molecular weight is 445 g/mol. The quantitative estimate of drug-likeness (QED) is 0.439. The van der Waals surface area contributed by atoms with E-state index in [0.29, 0.717) is 17.9 Å². The van der Waals surface area contributed by atoms with Crippen LogP contribution in [0, 0.1) is 5.92 Å². The second-order valence-corrected chi connectivity index (χ2v) is 8.62. The van der Waals surface area contributed by atoms with Gasteiger partial charge >= 0.3 is 0 Å². The normalized spacial score (nSPS) is 12.9. The third kappa shape index (κ3) is 6.77. The van der Waals surface area contributed by atoms with Crippen molar-refractivity contribution in [1.29, 1.82) is 0 Å². The molecule has 2 amide bonds. The number of aliphatic hydroxyl groups is 1. The second-order valence-electron chi connectivity index (χ2n) is 8.62. The Labute approximate surface area is 195 Å². The van der Waals surface area contributed by atoms with Gasteiger partial charge in [-0.15, -0.1) is 0 Å². The maximum atomic E-state index is 13.6. The third-order valence-corrected chi connectivity index (χ3v) is 5.53. The van der Waals surface area contributed by atoms with Crippen molar-refractivity contribution in [2.24, 2.45) is 5.92 Å². The van der Waals surface area contributed by atoms with Crippen LogP contribution in [0.1, 0.15) is 48.9 Å². The highest BCUT2D eigenvalue weighted by atomic mass is 16.3. The number of carbonyl (C=O) groups excluding carboxylic acids is 2. The summed E-state index contributed by atoms with van der Waals surface area (Å²) < 4.78 is 0. The van der Waals surface area contributed by atoms with Crippen molar-refractivity contribution in [2.45, 2.75) is 38.3 Å². The van der Waals surface area contributed by atoms with Gasteiger partial charge in [-0.2, -0.15) is 0 Å². The fraction of sp³-hybridized carbons (Fsp3) is 0.286. The van der Waals surface area contributed by atoms with E-state index >= 15 is 0 Å². The van der Waals surface area contributed by atoms with E-state index < -0.39 is 12.0 Å². The Morgan fingerprint density at radius 1 is 0.697 bits per heavy atom. The lowest BCUT2D eigenvalue weighted by atomic mass is 9.90. The molecule has 3 rings (SSSR count). The summed E-state index contributed by atoms with van der Waals surface area (Å²) in [6.45, 7) is 3.92. The molecular formula is C28H32N2O3. The average Bonchev–Trinajstić information content (AvgIpc) is 2.84. The molecule has 33 heavy (non-hydrogen) atoms. The van der Waals surface area contributed by atoms with Crippen molar-refractivity contribution >= 4 is 11.8 Å². The first-order valence-electron chi connectivity index (χ1n) is 11.4. The van der Waals surface area contributed by atoms with E-state index in [-0.39, 0.29) is 24.5 Å². The van der Waals surface area contributed by atoms with E-state index in [2.05, 4.69) is 10.6 Å². The molecular weight excluding hydrogens is 412 g/mol. The van der Waals surface area contributed by atoms with Gasteiger partial charge in [-0.05, 0) is 29.0 Å². The molecule has 2 atom stereocenters. The summed E-state index contributed by atoms with van der Waals surface area (Å²) in [5, 5.41) is 15.6. The van der Waals surface area contributed by atoms with E-state index in [0.717, 1.165) is 11.1 Å². The minimum absolute atomic E-state index is 0.157. The summed E-state index contributed by atoms with van der Waals surface area (Å²) in [5.41, 5.74) is 2.38. The molecule has 3 N–H and O–H groups in total. The minimum Gasteiger partial charge on any atom is -0.394 e. The van der Waals surface area contributed by atoms with E-state index in [1.54, 1.807) is 0 Å². The van der Waals surface area contributed by atoms with Gasteiger partial charge in [0, 0.05) is 0 Å². The molecule has 0 unspecified atom stereocenters. The van der Waals surface area contributed by atoms with Crippen LogP contribution in [-0.2, 0) is 9.59 Å². The highest BCUT2D eigenvalue weighted by molar-refractivity contribution is 5.93. The summed E-state index contributed by atoms with van der Waals surface area (Å²) in [5.74, 6) is -0.849. The van der Waals surface area contributed by atoms with Crippen LogP contribution in [0.3, 0.4) is 0 Å². The number of aliphatic hydroxyl groups excluding tert-OH is 1. The van der Waals surface area contributed by atoms with Crippen LogP contribution in [0.15, 0.2) is 91.0 Å². The monoisotopic (exact) mass is 444 g/mol. The van der Waals surface area contributed by atoms with E-state index in [9.17, 15) is 14.7 Å². The fourth-order valence-corrected chi connectivity index (χ4v) is 3.99. The smallest absolute Gasteiger partial charge is 0.247 e. The summed E-state index contributed by atoms with van der Waals surface area (Å²) in [4.78, 5) is 26.9. The van der Waals surface area contributed by atoms with Crippen LogP contribution in [0.5, 0.6) is 0 Å². The molecule has 0 aromatic heterocycles. The molecule has 0 fully saturated rings. The van der Waals surface area contributed by atoms with Gasteiger partial charge in [-0.25, -0.2) is 0 Å². The molecule has 3 aromatic rings. The first kappa shape index (κ1) is 24.2. The highest BCUT2D eigenvalue weighted by Gasteiger charge is 2.29. The van der Waals surface area contributed by atoms with Gasteiger partial charge < -0.3 is 15.7 Å². The Balaban J connectivity index is 1.90.